The van der Waals surface area contributed by atoms with Gasteiger partial charge in [0.2, 0.25) is 0 Å². The Morgan fingerprint density at radius 1 is 1.00 bits per heavy atom. The molecule has 6 heteroatoms. The highest BCUT2D eigenvalue weighted by Crippen LogP contribution is 2.26. The number of carboxylic acids is 1. The zero-order chi connectivity index (χ0) is 15.3. The van der Waals surface area contributed by atoms with Gasteiger partial charge in [0.15, 0.2) is 0 Å². The predicted octanol–water partition coefficient (Wildman–Crippen LogP) is 1.45. The van der Waals surface area contributed by atoms with Gasteiger partial charge >= 0.3 is 5.97 Å². The Hall–Kier alpha value is -0.690. The molecule has 0 saturated carbocycles. The first-order chi connectivity index (χ1) is 9.60. The Bertz CT molecular complexity index is 240. The summed E-state index contributed by atoms with van der Waals surface area (Å²) in [4.78, 5) is 10.7. The second-order valence-electron chi connectivity index (χ2n) is 4.58. The summed E-state index contributed by atoms with van der Waals surface area (Å²) in [6, 6.07) is 0. The van der Waals surface area contributed by atoms with Gasteiger partial charge in [-0.3, -0.25) is 4.79 Å². The van der Waals surface area contributed by atoms with Crippen LogP contribution in [0.25, 0.3) is 0 Å². The summed E-state index contributed by atoms with van der Waals surface area (Å²) in [5.41, 5.74) is -0.366. The van der Waals surface area contributed by atoms with E-state index in [1.54, 1.807) is 0 Å². The van der Waals surface area contributed by atoms with Crippen molar-refractivity contribution in [2.45, 2.75) is 45.1 Å². The van der Waals surface area contributed by atoms with E-state index < -0.39 is 5.97 Å². The first kappa shape index (κ1) is 19.3. The van der Waals surface area contributed by atoms with E-state index in [4.69, 9.17) is 24.4 Å². The van der Waals surface area contributed by atoms with Crippen molar-refractivity contribution >= 4 is 5.97 Å². The van der Waals surface area contributed by atoms with Gasteiger partial charge in [-0.25, -0.2) is 0 Å². The number of hydrogen-bond acceptors (Lipinski definition) is 5. The van der Waals surface area contributed by atoms with E-state index in [0.717, 1.165) is 12.8 Å². The fourth-order valence-corrected chi connectivity index (χ4v) is 1.92. The van der Waals surface area contributed by atoms with Gasteiger partial charge < -0.3 is 24.4 Å². The molecule has 0 rings (SSSR count). The molecule has 0 radical (unpaired) electrons. The van der Waals surface area contributed by atoms with Gasteiger partial charge in [-0.1, -0.05) is 13.8 Å². The summed E-state index contributed by atoms with van der Waals surface area (Å²) >= 11 is 0. The number of aliphatic carboxylic acids is 1. The molecule has 2 N–H and O–H groups in total. The van der Waals surface area contributed by atoms with Crippen molar-refractivity contribution in [2.24, 2.45) is 0 Å². The van der Waals surface area contributed by atoms with Crippen LogP contribution in [0.2, 0.25) is 0 Å². The van der Waals surface area contributed by atoms with Gasteiger partial charge in [0.1, 0.15) is 0 Å². The molecular weight excluding hydrogens is 264 g/mol. The zero-order valence-electron chi connectivity index (χ0n) is 12.6. The predicted molar refractivity (Wildman–Crippen MR) is 74.9 cm³/mol. The molecule has 0 fully saturated rings. The van der Waals surface area contributed by atoms with Crippen molar-refractivity contribution in [1.29, 1.82) is 0 Å². The van der Waals surface area contributed by atoms with Gasteiger partial charge in [-0.15, -0.1) is 0 Å². The number of aliphatic hydroxyl groups is 1. The number of carboxylic acid groups (broad SMARTS) is 1. The van der Waals surface area contributed by atoms with Gasteiger partial charge in [0.25, 0.3) is 0 Å². The minimum atomic E-state index is -0.794. The quantitative estimate of drug-likeness (QED) is 0.471. The Kier molecular flexibility index (Phi) is 11.7. The van der Waals surface area contributed by atoms with E-state index in [2.05, 4.69) is 0 Å². The van der Waals surface area contributed by atoms with Crippen LogP contribution in [0, 0.1) is 0 Å². The third kappa shape index (κ3) is 9.25. The molecule has 0 unspecified atom stereocenters. The lowest BCUT2D eigenvalue weighted by atomic mass is 9.91. The maximum absolute atomic E-state index is 10.7. The largest absolute Gasteiger partial charge is 0.481 e. The molecule has 120 valence electrons. The zero-order valence-corrected chi connectivity index (χ0v) is 12.6. The average molecular weight is 292 g/mol. The molecular formula is C14H28O6. The van der Waals surface area contributed by atoms with Crippen LogP contribution in [0.3, 0.4) is 0 Å². The SMILES string of the molecule is CCC(CC)(CCC(=O)O)OCCOCCOCCO. The molecule has 0 aliphatic heterocycles. The third-order valence-electron chi connectivity index (χ3n) is 3.33. The van der Waals surface area contributed by atoms with Gasteiger partial charge in [-0.05, 0) is 19.3 Å². The highest BCUT2D eigenvalue weighted by molar-refractivity contribution is 5.66. The average Bonchev–Trinajstić information content (AvgIpc) is 2.45. The van der Waals surface area contributed by atoms with Crippen molar-refractivity contribution in [3.05, 3.63) is 0 Å². The van der Waals surface area contributed by atoms with Crippen LogP contribution in [-0.2, 0) is 19.0 Å². The minimum Gasteiger partial charge on any atom is -0.481 e. The van der Waals surface area contributed by atoms with E-state index in [1.165, 1.54) is 0 Å². The number of carbonyl (C=O) groups is 1. The number of aliphatic hydroxyl groups excluding tert-OH is 1. The van der Waals surface area contributed by atoms with Crippen LogP contribution in [0.1, 0.15) is 39.5 Å². The first-order valence-electron chi connectivity index (χ1n) is 7.22. The molecule has 0 spiro atoms. The van der Waals surface area contributed by atoms with Gasteiger partial charge in [-0.2, -0.15) is 0 Å². The smallest absolute Gasteiger partial charge is 0.303 e. The van der Waals surface area contributed by atoms with Gasteiger partial charge in [0.05, 0.1) is 45.2 Å². The second kappa shape index (κ2) is 12.1. The van der Waals surface area contributed by atoms with Gasteiger partial charge in [0, 0.05) is 6.42 Å². The molecule has 0 aliphatic carbocycles. The molecule has 0 amide bonds. The number of hydrogen-bond donors (Lipinski definition) is 2. The van der Waals surface area contributed by atoms with E-state index >= 15 is 0 Å². The number of rotatable bonds is 14. The molecule has 20 heavy (non-hydrogen) atoms. The Balaban J connectivity index is 3.77. The van der Waals surface area contributed by atoms with Crippen molar-refractivity contribution in [2.75, 3.05) is 39.6 Å². The highest BCUT2D eigenvalue weighted by Gasteiger charge is 2.27. The molecule has 6 nitrogen and oxygen atoms in total. The fraction of sp³-hybridized carbons (Fsp3) is 0.929. The monoisotopic (exact) mass is 292 g/mol. The molecule has 0 aromatic carbocycles. The molecule has 0 heterocycles. The maximum Gasteiger partial charge on any atom is 0.303 e. The summed E-state index contributed by atoms with van der Waals surface area (Å²) in [6.07, 6.45) is 2.22. The van der Waals surface area contributed by atoms with Crippen LogP contribution in [0.4, 0.5) is 0 Å². The molecule has 0 aromatic rings. The standard InChI is InChI=1S/C14H28O6/c1-3-14(4-2,6-5-13(16)17)20-12-11-19-10-9-18-8-7-15/h15H,3-12H2,1-2H3,(H,16,17). The summed E-state index contributed by atoms with van der Waals surface area (Å²) < 4.78 is 16.2. The minimum absolute atomic E-state index is 0.0161. The van der Waals surface area contributed by atoms with Crippen molar-refractivity contribution in [3.63, 3.8) is 0 Å². The molecule has 0 atom stereocenters. The molecule has 0 bridgehead atoms. The summed E-state index contributed by atoms with van der Waals surface area (Å²) in [7, 11) is 0. The maximum atomic E-state index is 10.7. The number of ether oxygens (including phenoxy) is 3. The molecule has 0 aliphatic rings. The Morgan fingerprint density at radius 2 is 1.55 bits per heavy atom. The molecule has 0 aromatic heterocycles. The summed E-state index contributed by atoms with van der Waals surface area (Å²) in [5, 5.41) is 17.3. The van der Waals surface area contributed by atoms with E-state index in [1.807, 2.05) is 13.8 Å². The summed E-state index contributed by atoms with van der Waals surface area (Å²) in [6.45, 7) is 6.17. The van der Waals surface area contributed by atoms with E-state index in [-0.39, 0.29) is 18.6 Å². The lowest BCUT2D eigenvalue weighted by molar-refractivity contribution is -0.140. The van der Waals surface area contributed by atoms with Crippen molar-refractivity contribution in [3.8, 4) is 0 Å². The van der Waals surface area contributed by atoms with Crippen molar-refractivity contribution in [1.82, 2.24) is 0 Å². The lowest BCUT2D eigenvalue weighted by Gasteiger charge is -2.31. The first-order valence-corrected chi connectivity index (χ1v) is 7.22. The van der Waals surface area contributed by atoms with Crippen LogP contribution in [0.5, 0.6) is 0 Å². The second-order valence-corrected chi connectivity index (χ2v) is 4.58. The van der Waals surface area contributed by atoms with E-state index in [9.17, 15) is 4.79 Å². The Morgan fingerprint density at radius 3 is 2.05 bits per heavy atom. The fourth-order valence-electron chi connectivity index (χ4n) is 1.92. The normalized spacial score (nSPS) is 11.8. The van der Waals surface area contributed by atoms with Crippen LogP contribution >= 0.6 is 0 Å². The van der Waals surface area contributed by atoms with Crippen LogP contribution in [-0.4, -0.2) is 61.4 Å². The lowest BCUT2D eigenvalue weighted by Crippen LogP contribution is -2.33. The van der Waals surface area contributed by atoms with Crippen LogP contribution in [0.15, 0.2) is 0 Å². The van der Waals surface area contributed by atoms with Crippen molar-refractivity contribution < 1.29 is 29.2 Å². The topological polar surface area (TPSA) is 85.2 Å². The van der Waals surface area contributed by atoms with Crippen LogP contribution < -0.4 is 0 Å². The Labute approximate surface area is 121 Å². The molecule has 0 saturated heterocycles. The summed E-state index contributed by atoms with van der Waals surface area (Å²) in [5.74, 6) is -0.794. The van der Waals surface area contributed by atoms with E-state index in [0.29, 0.717) is 39.5 Å². The third-order valence-corrected chi connectivity index (χ3v) is 3.33. The highest BCUT2D eigenvalue weighted by atomic mass is 16.6.